The predicted octanol–water partition coefficient (Wildman–Crippen LogP) is -2.08. The van der Waals surface area contributed by atoms with Crippen molar-refractivity contribution in [2.24, 2.45) is 0 Å². The van der Waals surface area contributed by atoms with Gasteiger partial charge in [0.25, 0.3) is 0 Å². The summed E-state index contributed by atoms with van der Waals surface area (Å²) in [5.41, 5.74) is 0. The monoisotopic (exact) mass is 303 g/mol. The molecule has 11 heteroatoms. The molecule has 0 aromatic heterocycles. The summed E-state index contributed by atoms with van der Waals surface area (Å²) in [5, 5.41) is 7.44. The average molecular weight is 303 g/mol. The molecule has 0 radical (unpaired) electrons. The van der Waals surface area contributed by atoms with Gasteiger partial charge in [-0.15, -0.1) is 0 Å². The Labute approximate surface area is 104 Å². The van der Waals surface area contributed by atoms with Gasteiger partial charge in [-0.1, -0.05) is 0 Å². The van der Waals surface area contributed by atoms with Crippen LogP contribution in [0.25, 0.3) is 0 Å². The summed E-state index contributed by atoms with van der Waals surface area (Å²) >= 11 is 0. The number of methoxy groups -OCH3 is 1. The van der Waals surface area contributed by atoms with Crippen LogP contribution in [0, 0.1) is 0 Å². The molecule has 0 aromatic rings. The number of rotatable bonds is 7. The molecule has 0 rings (SSSR count). The van der Waals surface area contributed by atoms with Crippen LogP contribution in [0.15, 0.2) is 0 Å². The van der Waals surface area contributed by atoms with E-state index in [-0.39, 0.29) is 0 Å². The van der Waals surface area contributed by atoms with Gasteiger partial charge in [0.1, 0.15) is 6.04 Å². The maximum atomic E-state index is 11.3. The second-order valence-corrected chi connectivity index (χ2v) is 7.71. The van der Waals surface area contributed by atoms with Gasteiger partial charge in [-0.25, -0.2) is 16.8 Å². The van der Waals surface area contributed by atoms with Gasteiger partial charge in [-0.2, -0.15) is 4.72 Å². The van der Waals surface area contributed by atoms with Crippen LogP contribution in [-0.4, -0.2) is 58.4 Å². The fourth-order valence-electron chi connectivity index (χ4n) is 0.962. The van der Waals surface area contributed by atoms with E-state index in [2.05, 4.69) is 4.74 Å². The summed E-state index contributed by atoms with van der Waals surface area (Å²) in [6.45, 7) is 0. The highest BCUT2D eigenvalue weighted by Gasteiger charge is 2.28. The van der Waals surface area contributed by atoms with Gasteiger partial charge in [0.15, 0.2) is 14.9 Å². The number of aliphatic carboxylic acids is 1. The third-order valence-electron chi connectivity index (χ3n) is 1.59. The van der Waals surface area contributed by atoms with E-state index in [1.165, 1.54) is 0 Å². The van der Waals surface area contributed by atoms with E-state index in [0.717, 1.165) is 7.11 Å². The van der Waals surface area contributed by atoms with Gasteiger partial charge in [0.05, 0.1) is 13.5 Å². The first-order valence-corrected chi connectivity index (χ1v) is 8.15. The minimum Gasteiger partial charge on any atom is -0.480 e. The summed E-state index contributed by atoms with van der Waals surface area (Å²) in [7, 11) is -7.20. The van der Waals surface area contributed by atoms with Crippen molar-refractivity contribution in [1.29, 1.82) is 0 Å². The minimum absolute atomic E-state index is 0.683. The number of carbonyl (C=O) groups excluding carboxylic acids is 1. The SMILES string of the molecule is COC(=O)C[C@H](NS(=O)(=O)CS(C)(=O)=O)C(=O)O. The topological polar surface area (TPSA) is 144 Å². The van der Waals surface area contributed by atoms with Crippen LogP contribution in [0.3, 0.4) is 0 Å². The molecule has 18 heavy (non-hydrogen) atoms. The second kappa shape index (κ2) is 6.11. The van der Waals surface area contributed by atoms with Crippen molar-refractivity contribution in [2.45, 2.75) is 12.5 Å². The summed E-state index contributed by atoms with van der Waals surface area (Å²) in [5.74, 6) is -2.55. The van der Waals surface area contributed by atoms with Crippen molar-refractivity contribution in [3.8, 4) is 0 Å². The Hall–Kier alpha value is -1.20. The molecule has 0 amide bonds. The van der Waals surface area contributed by atoms with Gasteiger partial charge in [0, 0.05) is 6.26 Å². The van der Waals surface area contributed by atoms with E-state index in [9.17, 15) is 26.4 Å². The molecular weight excluding hydrogens is 290 g/mol. The molecule has 9 nitrogen and oxygen atoms in total. The summed E-state index contributed by atoms with van der Waals surface area (Å²) in [6.07, 6.45) is -0.0584. The van der Waals surface area contributed by atoms with Crippen LogP contribution in [0.1, 0.15) is 6.42 Å². The lowest BCUT2D eigenvalue weighted by molar-refractivity contribution is -0.147. The van der Waals surface area contributed by atoms with Crippen molar-refractivity contribution in [1.82, 2.24) is 4.72 Å². The lowest BCUT2D eigenvalue weighted by atomic mass is 10.2. The van der Waals surface area contributed by atoms with Crippen molar-refractivity contribution in [3.05, 3.63) is 0 Å². The first-order chi connectivity index (χ1) is 7.97. The number of hydrogen-bond donors (Lipinski definition) is 2. The molecular formula is C7H13NO8S2. The highest BCUT2D eigenvalue weighted by atomic mass is 32.3. The number of sulfone groups is 1. The van der Waals surface area contributed by atoms with Crippen LogP contribution in [0.4, 0.5) is 0 Å². The Morgan fingerprint density at radius 1 is 1.28 bits per heavy atom. The molecule has 0 aliphatic carbocycles. The molecule has 0 saturated heterocycles. The minimum atomic E-state index is -4.36. The summed E-state index contributed by atoms with van der Waals surface area (Å²) in [4.78, 5) is 21.6. The summed E-state index contributed by atoms with van der Waals surface area (Å²) in [6, 6.07) is -1.77. The molecule has 0 bridgehead atoms. The molecule has 106 valence electrons. The number of sulfonamides is 1. The zero-order valence-corrected chi connectivity index (χ0v) is 11.2. The quantitative estimate of drug-likeness (QED) is 0.510. The zero-order valence-electron chi connectivity index (χ0n) is 9.61. The van der Waals surface area contributed by atoms with Crippen molar-refractivity contribution in [2.75, 3.05) is 18.5 Å². The van der Waals surface area contributed by atoms with Crippen molar-refractivity contribution >= 4 is 31.8 Å². The van der Waals surface area contributed by atoms with Crippen molar-refractivity contribution in [3.63, 3.8) is 0 Å². The molecule has 0 heterocycles. The molecule has 0 fully saturated rings. The third-order valence-corrected chi connectivity index (χ3v) is 5.19. The first kappa shape index (κ1) is 16.8. The Bertz CT molecular complexity index is 520. The number of hydrogen-bond acceptors (Lipinski definition) is 7. The van der Waals surface area contributed by atoms with Gasteiger partial charge in [-0.3, -0.25) is 9.59 Å². The van der Waals surface area contributed by atoms with E-state index in [4.69, 9.17) is 5.11 Å². The zero-order chi connectivity index (χ0) is 14.6. The highest BCUT2D eigenvalue weighted by molar-refractivity contribution is 8.06. The Balaban J connectivity index is 4.90. The molecule has 0 aliphatic heterocycles. The Kier molecular flexibility index (Phi) is 5.70. The number of carboxylic acid groups (broad SMARTS) is 1. The Morgan fingerprint density at radius 3 is 2.11 bits per heavy atom. The van der Waals surface area contributed by atoms with Crippen molar-refractivity contribution < 1.29 is 36.3 Å². The second-order valence-electron chi connectivity index (χ2n) is 3.45. The Morgan fingerprint density at radius 2 is 1.78 bits per heavy atom. The maximum Gasteiger partial charge on any atom is 0.322 e. The van der Waals surface area contributed by atoms with E-state index in [1.54, 1.807) is 4.72 Å². The smallest absolute Gasteiger partial charge is 0.322 e. The first-order valence-electron chi connectivity index (χ1n) is 4.44. The number of nitrogens with one attached hydrogen (secondary N) is 1. The lowest BCUT2D eigenvalue weighted by Gasteiger charge is -2.12. The number of esters is 1. The number of carbonyl (C=O) groups is 2. The molecule has 0 unspecified atom stereocenters. The molecule has 1 atom stereocenters. The molecule has 2 N–H and O–H groups in total. The van der Waals surface area contributed by atoms with Gasteiger partial charge >= 0.3 is 11.9 Å². The molecule has 0 aliphatic rings. The highest BCUT2D eigenvalue weighted by Crippen LogP contribution is 2.00. The number of ether oxygens (including phenoxy) is 1. The fraction of sp³-hybridized carbons (Fsp3) is 0.714. The molecule has 0 aromatic carbocycles. The predicted molar refractivity (Wildman–Crippen MR) is 59.8 cm³/mol. The van der Waals surface area contributed by atoms with Crippen LogP contribution >= 0.6 is 0 Å². The van der Waals surface area contributed by atoms with E-state index < -0.39 is 49.3 Å². The fourth-order valence-corrected chi connectivity index (χ4v) is 4.11. The standard InChI is InChI=1S/C7H13NO8S2/c1-16-6(9)3-5(7(10)11)8-18(14,15)4-17(2,12)13/h5,8H,3-4H2,1-2H3,(H,10,11)/t5-/m0/s1. The molecule has 0 saturated carbocycles. The number of carboxylic acids is 1. The van der Waals surface area contributed by atoms with E-state index >= 15 is 0 Å². The largest absolute Gasteiger partial charge is 0.480 e. The van der Waals surface area contributed by atoms with Crippen LogP contribution < -0.4 is 4.72 Å². The normalized spacial score (nSPS) is 13.9. The van der Waals surface area contributed by atoms with Crippen LogP contribution in [0.5, 0.6) is 0 Å². The summed E-state index contributed by atoms with van der Waals surface area (Å²) < 4.78 is 50.1. The van der Waals surface area contributed by atoms with Gasteiger partial charge in [-0.05, 0) is 0 Å². The van der Waals surface area contributed by atoms with E-state index in [0.29, 0.717) is 6.26 Å². The average Bonchev–Trinajstić information content (AvgIpc) is 2.11. The lowest BCUT2D eigenvalue weighted by Crippen LogP contribution is -2.44. The maximum absolute atomic E-state index is 11.3. The third kappa shape index (κ3) is 7.19. The van der Waals surface area contributed by atoms with Gasteiger partial charge < -0.3 is 9.84 Å². The van der Waals surface area contributed by atoms with Gasteiger partial charge in [0.2, 0.25) is 10.0 Å². The van der Waals surface area contributed by atoms with Crippen LogP contribution in [-0.2, 0) is 34.2 Å². The molecule has 0 spiro atoms. The van der Waals surface area contributed by atoms with Crippen LogP contribution in [0.2, 0.25) is 0 Å². The van der Waals surface area contributed by atoms with E-state index in [1.807, 2.05) is 0 Å².